The molecular weight excluding hydrogens is 552 g/mol. The van der Waals surface area contributed by atoms with E-state index in [1.165, 1.54) is 18.2 Å². The van der Waals surface area contributed by atoms with Crippen molar-refractivity contribution in [2.24, 2.45) is 0 Å². The summed E-state index contributed by atoms with van der Waals surface area (Å²) in [7, 11) is 0. The van der Waals surface area contributed by atoms with Gasteiger partial charge >= 0.3 is 35.8 Å². The van der Waals surface area contributed by atoms with Gasteiger partial charge in [-0.05, 0) is 68.1 Å². The van der Waals surface area contributed by atoms with Gasteiger partial charge in [-0.3, -0.25) is 9.59 Å². The van der Waals surface area contributed by atoms with Crippen LogP contribution in [0.5, 0.6) is 0 Å². The van der Waals surface area contributed by atoms with Crippen molar-refractivity contribution >= 4 is 35.8 Å². The highest BCUT2D eigenvalue weighted by Crippen LogP contribution is 2.10. The van der Waals surface area contributed by atoms with Crippen LogP contribution in [0.25, 0.3) is 0 Å². The van der Waals surface area contributed by atoms with Crippen LogP contribution in [0.1, 0.15) is 106 Å². The third-order valence-corrected chi connectivity index (χ3v) is 5.75. The minimum absolute atomic E-state index is 0.0186. The van der Waals surface area contributed by atoms with Gasteiger partial charge in [-0.1, -0.05) is 31.7 Å². The number of hydrogen-bond acceptors (Lipinski definition) is 8. The fourth-order valence-electron chi connectivity index (χ4n) is 3.49. The van der Waals surface area contributed by atoms with Crippen molar-refractivity contribution in [3.05, 3.63) is 70.8 Å². The summed E-state index contributed by atoms with van der Waals surface area (Å²) < 4.78 is 10.1. The maximum absolute atomic E-state index is 11.5. The molecule has 2 heterocycles. The fraction of sp³-hybridized carbons (Fsp3) is 0.400. The highest BCUT2D eigenvalue weighted by molar-refractivity contribution is 5.94. The lowest BCUT2D eigenvalue weighted by molar-refractivity contribution is -0.138. The van der Waals surface area contributed by atoms with Gasteiger partial charge in [0.1, 0.15) is 0 Å². The molecule has 0 fully saturated rings. The standard InChI is InChI=1S/C12H12O4.C10H18O4.C8H6O4/c13-11-9-3-5-10(6-4-9)12(14)16-8-2-1-7-15-11;11-9(12)7-5-3-1-2-4-6-8-10(13)14;9-7(10)5-2-1-3-6(4-5)8(11)12/h3-6H,1-2,7-8H2;1-8H2,(H,11,12)(H,13,14);1-4H,(H,9,10)(H,11,12). The van der Waals surface area contributed by atoms with Crippen LogP contribution in [0.15, 0.2) is 48.5 Å². The second kappa shape index (κ2) is 20.2. The summed E-state index contributed by atoms with van der Waals surface area (Å²) in [6.45, 7) is 0.719. The molecule has 0 atom stereocenters. The smallest absolute Gasteiger partial charge is 0.338 e. The number of fused-ring (bicyclic) bond motifs is 9. The van der Waals surface area contributed by atoms with Crippen LogP contribution in [-0.4, -0.2) is 69.5 Å². The van der Waals surface area contributed by atoms with E-state index in [9.17, 15) is 28.8 Å². The minimum Gasteiger partial charge on any atom is -0.481 e. The molecule has 42 heavy (non-hydrogen) atoms. The van der Waals surface area contributed by atoms with E-state index in [-0.39, 0.29) is 35.9 Å². The molecule has 0 aromatic heterocycles. The Bertz CT molecular complexity index is 1100. The predicted octanol–water partition coefficient (Wildman–Crippen LogP) is 5.15. The van der Waals surface area contributed by atoms with Crippen molar-refractivity contribution < 1.29 is 58.7 Å². The Morgan fingerprint density at radius 2 is 0.929 bits per heavy atom. The van der Waals surface area contributed by atoms with Gasteiger partial charge in [0.05, 0.1) is 35.5 Å². The lowest BCUT2D eigenvalue weighted by Crippen LogP contribution is -2.12. The summed E-state index contributed by atoms with van der Waals surface area (Å²) in [4.78, 5) is 64.0. The van der Waals surface area contributed by atoms with E-state index >= 15 is 0 Å². The number of carboxylic acids is 4. The molecule has 2 bridgehead atoms. The molecule has 228 valence electrons. The molecule has 4 N–H and O–H groups in total. The first-order valence-corrected chi connectivity index (χ1v) is 13.5. The van der Waals surface area contributed by atoms with Crippen LogP contribution in [0, 0.1) is 0 Å². The maximum atomic E-state index is 11.5. The summed E-state index contributed by atoms with van der Waals surface area (Å²) in [5, 5.41) is 33.7. The Morgan fingerprint density at radius 1 is 0.571 bits per heavy atom. The largest absolute Gasteiger partial charge is 0.481 e. The molecule has 0 radical (unpaired) electrons. The van der Waals surface area contributed by atoms with Gasteiger partial charge in [0.15, 0.2) is 0 Å². The van der Waals surface area contributed by atoms with Gasteiger partial charge in [-0.2, -0.15) is 0 Å². The second-order valence-corrected chi connectivity index (χ2v) is 9.16. The van der Waals surface area contributed by atoms with Crippen LogP contribution in [0.2, 0.25) is 0 Å². The van der Waals surface area contributed by atoms with Gasteiger partial charge in [0.25, 0.3) is 0 Å². The zero-order valence-corrected chi connectivity index (χ0v) is 23.2. The maximum Gasteiger partial charge on any atom is 0.338 e. The number of aromatic carboxylic acids is 2. The highest BCUT2D eigenvalue weighted by atomic mass is 16.5. The monoisotopic (exact) mass is 588 g/mol. The van der Waals surface area contributed by atoms with Crippen LogP contribution < -0.4 is 0 Å². The summed E-state index contributed by atoms with van der Waals surface area (Å²) in [5.41, 5.74) is 0.874. The van der Waals surface area contributed by atoms with Crippen LogP contribution in [0.4, 0.5) is 0 Å². The molecular formula is C30H36O12. The number of esters is 2. The van der Waals surface area contributed by atoms with Crippen LogP contribution in [-0.2, 0) is 19.1 Å². The lowest BCUT2D eigenvalue weighted by Gasteiger charge is -2.09. The molecule has 0 spiro atoms. The second-order valence-electron chi connectivity index (χ2n) is 9.16. The quantitative estimate of drug-likeness (QED) is 0.199. The first-order chi connectivity index (χ1) is 20.0. The van der Waals surface area contributed by atoms with Gasteiger partial charge < -0.3 is 29.9 Å². The Labute approximate surface area is 242 Å². The highest BCUT2D eigenvalue weighted by Gasteiger charge is 2.12. The summed E-state index contributed by atoms with van der Waals surface area (Å²) in [6.07, 6.45) is 7.23. The van der Waals surface area contributed by atoms with Gasteiger partial charge in [0.2, 0.25) is 0 Å². The molecule has 0 unspecified atom stereocenters. The van der Waals surface area contributed by atoms with E-state index in [1.54, 1.807) is 24.3 Å². The van der Waals surface area contributed by atoms with Gasteiger partial charge in [-0.25, -0.2) is 19.2 Å². The Morgan fingerprint density at radius 3 is 1.26 bits per heavy atom. The SMILES string of the molecule is O=C(O)CCCCCCCCC(=O)O.O=C(O)c1cccc(C(=O)O)c1.O=C1OCCCCOC(=O)c2ccc1cc2. The van der Waals surface area contributed by atoms with Crippen molar-refractivity contribution in [1.82, 2.24) is 0 Å². The number of carboxylic acid groups (broad SMARTS) is 4. The summed E-state index contributed by atoms with van der Waals surface area (Å²) >= 11 is 0. The summed E-state index contributed by atoms with van der Waals surface area (Å²) in [5.74, 6) is -4.43. The van der Waals surface area contributed by atoms with E-state index < -0.39 is 23.9 Å². The number of rotatable bonds is 11. The first kappa shape index (κ1) is 35.3. The molecule has 12 nitrogen and oxygen atoms in total. The van der Waals surface area contributed by atoms with Crippen molar-refractivity contribution in [3.8, 4) is 0 Å². The molecule has 2 aromatic carbocycles. The summed E-state index contributed by atoms with van der Waals surface area (Å²) in [6, 6.07) is 11.5. The van der Waals surface area contributed by atoms with Crippen LogP contribution in [0.3, 0.4) is 0 Å². The fourth-order valence-corrected chi connectivity index (χ4v) is 3.49. The van der Waals surface area contributed by atoms with E-state index in [2.05, 4.69) is 0 Å². The van der Waals surface area contributed by atoms with Crippen LogP contribution >= 0.6 is 0 Å². The number of carbonyl (C=O) groups excluding carboxylic acids is 2. The minimum atomic E-state index is -1.13. The number of ether oxygens (including phenoxy) is 2. The molecule has 12 heteroatoms. The van der Waals surface area contributed by atoms with E-state index in [1.807, 2.05) is 0 Å². The van der Waals surface area contributed by atoms with E-state index in [4.69, 9.17) is 29.9 Å². The molecule has 0 aliphatic carbocycles. The predicted molar refractivity (Wildman–Crippen MR) is 149 cm³/mol. The molecule has 0 saturated heterocycles. The number of benzene rings is 2. The average molecular weight is 589 g/mol. The third kappa shape index (κ3) is 15.8. The topological polar surface area (TPSA) is 202 Å². The Hall–Kier alpha value is -4.74. The van der Waals surface area contributed by atoms with Crippen molar-refractivity contribution in [2.75, 3.05) is 13.2 Å². The molecule has 2 aliphatic heterocycles. The number of aliphatic carboxylic acids is 2. The zero-order valence-electron chi connectivity index (χ0n) is 23.2. The zero-order chi connectivity index (χ0) is 31.3. The molecule has 4 rings (SSSR count). The Kier molecular flexibility index (Phi) is 17.0. The van der Waals surface area contributed by atoms with Crippen molar-refractivity contribution in [3.63, 3.8) is 0 Å². The first-order valence-electron chi connectivity index (χ1n) is 13.5. The molecule has 0 amide bonds. The van der Waals surface area contributed by atoms with Gasteiger partial charge in [0, 0.05) is 12.8 Å². The van der Waals surface area contributed by atoms with E-state index in [0.29, 0.717) is 37.2 Å². The molecule has 2 aliphatic rings. The third-order valence-electron chi connectivity index (χ3n) is 5.75. The lowest BCUT2D eigenvalue weighted by atomic mass is 10.1. The normalized spacial score (nSPS) is 12.5. The van der Waals surface area contributed by atoms with E-state index in [0.717, 1.165) is 44.6 Å². The van der Waals surface area contributed by atoms with Crippen molar-refractivity contribution in [2.45, 2.75) is 64.2 Å². The number of unbranched alkanes of at least 4 members (excludes halogenated alkanes) is 5. The number of hydrogen-bond donors (Lipinski definition) is 4. The van der Waals surface area contributed by atoms with Crippen molar-refractivity contribution in [1.29, 1.82) is 0 Å². The molecule has 0 saturated carbocycles. The molecule has 2 aromatic rings. The number of carbonyl (C=O) groups is 6. The average Bonchev–Trinajstić information content (AvgIpc) is 2.96. The Balaban J connectivity index is 0.000000319. The van der Waals surface area contributed by atoms with Gasteiger partial charge in [-0.15, -0.1) is 0 Å².